The number of carbonyl (C=O) groups is 2. The van der Waals surface area contributed by atoms with E-state index in [0.29, 0.717) is 35.8 Å². The van der Waals surface area contributed by atoms with Crippen LogP contribution < -0.4 is 16.0 Å². The van der Waals surface area contributed by atoms with Gasteiger partial charge in [0.15, 0.2) is 0 Å². The van der Waals surface area contributed by atoms with Crippen molar-refractivity contribution < 1.29 is 14.7 Å². The highest BCUT2D eigenvalue weighted by atomic mass is 16.3. The molecule has 2 amide bonds. The van der Waals surface area contributed by atoms with Gasteiger partial charge in [0, 0.05) is 42.9 Å². The molecule has 244 valence electrons. The number of allylic oxidation sites excluding steroid dienone is 1. The van der Waals surface area contributed by atoms with E-state index >= 15 is 0 Å². The van der Waals surface area contributed by atoms with E-state index in [-0.39, 0.29) is 35.0 Å². The van der Waals surface area contributed by atoms with Crippen LogP contribution in [0.4, 0.5) is 5.69 Å². The van der Waals surface area contributed by atoms with Crippen LogP contribution in [0.3, 0.4) is 0 Å². The summed E-state index contributed by atoms with van der Waals surface area (Å²) in [6.07, 6.45) is 7.13. The van der Waals surface area contributed by atoms with Gasteiger partial charge in [-0.15, -0.1) is 0 Å². The molecule has 1 atom stereocenters. The third kappa shape index (κ3) is 7.63. The highest BCUT2D eigenvalue weighted by Gasteiger charge is 2.29. The zero-order valence-electron chi connectivity index (χ0n) is 26.8. The number of amidine groups is 1. The molecule has 3 aliphatic rings. The van der Waals surface area contributed by atoms with Crippen LogP contribution in [0.25, 0.3) is 5.57 Å². The van der Waals surface area contributed by atoms with Crippen LogP contribution in [-0.2, 0) is 9.59 Å². The summed E-state index contributed by atoms with van der Waals surface area (Å²) in [4.78, 5) is 28.8. The Hall–Kier alpha value is -4.76. The molecule has 3 aromatic carbocycles. The number of para-hydroxylation sites is 1. The number of hydrogen-bond acceptors (Lipinski definition) is 7. The van der Waals surface area contributed by atoms with E-state index in [4.69, 9.17) is 16.6 Å². The second kappa shape index (κ2) is 14.3. The first-order valence-corrected chi connectivity index (χ1v) is 16.7. The predicted molar refractivity (Wildman–Crippen MR) is 186 cm³/mol. The zero-order chi connectivity index (χ0) is 32.9. The molecule has 0 radical (unpaired) electrons. The molecule has 3 heterocycles. The molecular weight excluding hydrogens is 588 g/mol. The summed E-state index contributed by atoms with van der Waals surface area (Å²) >= 11 is 0. The smallest absolute Gasteiger partial charge is 0.234 e. The first kappa shape index (κ1) is 32.2. The Morgan fingerprint density at radius 2 is 1.51 bits per heavy atom. The fourth-order valence-corrected chi connectivity index (χ4v) is 7.29. The number of nitrogens with zero attached hydrogens (tertiary/aromatic N) is 2. The van der Waals surface area contributed by atoms with E-state index in [0.717, 1.165) is 75.2 Å². The second-order valence-electron chi connectivity index (χ2n) is 13.1. The van der Waals surface area contributed by atoms with Crippen molar-refractivity contribution in [3.63, 3.8) is 0 Å². The van der Waals surface area contributed by atoms with Crippen molar-refractivity contribution in [1.82, 2.24) is 10.2 Å². The van der Waals surface area contributed by atoms with Gasteiger partial charge in [-0.1, -0.05) is 48.5 Å². The normalized spacial score (nSPS) is 20.2. The summed E-state index contributed by atoms with van der Waals surface area (Å²) in [5, 5.41) is 29.1. The summed E-state index contributed by atoms with van der Waals surface area (Å²) in [5.41, 5.74) is 11.1. The third-order valence-corrected chi connectivity index (χ3v) is 10.1. The van der Waals surface area contributed by atoms with Crippen molar-refractivity contribution in [2.24, 2.45) is 11.7 Å². The molecule has 0 aromatic heterocycles. The Balaban J connectivity index is 0.969. The Morgan fingerprint density at radius 1 is 0.851 bits per heavy atom. The number of hydrogen-bond donors (Lipinski definition) is 5. The third-order valence-electron chi connectivity index (χ3n) is 10.1. The Morgan fingerprint density at radius 3 is 2.15 bits per heavy atom. The second-order valence-corrected chi connectivity index (χ2v) is 13.1. The molecular formula is C38H44N6O3. The van der Waals surface area contributed by atoms with Crippen molar-refractivity contribution in [2.75, 3.05) is 37.6 Å². The summed E-state index contributed by atoms with van der Waals surface area (Å²) < 4.78 is 0. The van der Waals surface area contributed by atoms with Crippen molar-refractivity contribution in [1.29, 1.82) is 10.8 Å². The van der Waals surface area contributed by atoms with Crippen molar-refractivity contribution in [3.8, 4) is 5.75 Å². The summed E-state index contributed by atoms with van der Waals surface area (Å²) in [7, 11) is 0. The Bertz CT molecular complexity index is 1650. The summed E-state index contributed by atoms with van der Waals surface area (Å²) in [5.74, 6) is 0.550. The topological polar surface area (TPSA) is 147 Å². The van der Waals surface area contributed by atoms with E-state index in [2.05, 4.69) is 51.5 Å². The molecule has 47 heavy (non-hydrogen) atoms. The molecule has 3 fully saturated rings. The standard InChI is InChI=1S/C38H44N6O3/c39-34(32-3-1-2-4-35(32)45)23-33(37(40)41)29-9-11-30(12-10-29)44-21-15-25(16-22-44)24-43-19-17-27(18-20-43)26-5-7-28(8-6-26)31-13-14-36(46)42-38(31)47/h1-12,23,25,27,31,39,45H,13-22,24H2,(H3,40,41)(H,42,46,47)/b33-23-,39-34?. The van der Waals surface area contributed by atoms with Crippen LogP contribution in [0.15, 0.2) is 78.9 Å². The molecule has 3 aliphatic heterocycles. The number of benzene rings is 3. The highest BCUT2D eigenvalue weighted by molar-refractivity contribution is 6.27. The van der Waals surface area contributed by atoms with Crippen LogP contribution in [0.1, 0.15) is 72.6 Å². The molecule has 0 spiro atoms. The van der Waals surface area contributed by atoms with E-state index in [1.54, 1.807) is 30.3 Å². The highest BCUT2D eigenvalue weighted by Crippen LogP contribution is 2.32. The van der Waals surface area contributed by atoms with Crippen LogP contribution in [0.2, 0.25) is 0 Å². The number of aromatic hydroxyl groups is 1. The average Bonchev–Trinajstić information content (AvgIpc) is 3.08. The van der Waals surface area contributed by atoms with Gasteiger partial charge in [-0.25, -0.2) is 0 Å². The largest absolute Gasteiger partial charge is 0.507 e. The number of likely N-dealkylation sites (tertiary alicyclic amines) is 1. The van der Waals surface area contributed by atoms with E-state index < -0.39 is 0 Å². The van der Waals surface area contributed by atoms with Gasteiger partial charge in [0.2, 0.25) is 11.8 Å². The molecule has 6 N–H and O–H groups in total. The minimum absolute atomic E-state index is 0.0236. The van der Waals surface area contributed by atoms with Gasteiger partial charge in [0.25, 0.3) is 0 Å². The van der Waals surface area contributed by atoms with Gasteiger partial charge in [-0.3, -0.25) is 20.3 Å². The van der Waals surface area contributed by atoms with Gasteiger partial charge in [0.1, 0.15) is 11.6 Å². The number of piperidine rings is 3. The fourth-order valence-electron chi connectivity index (χ4n) is 7.29. The number of nitrogens with one attached hydrogen (secondary N) is 3. The number of phenolic OH excluding ortho intramolecular Hbond substituents is 1. The lowest BCUT2D eigenvalue weighted by Gasteiger charge is -2.38. The van der Waals surface area contributed by atoms with Gasteiger partial charge >= 0.3 is 0 Å². The maximum absolute atomic E-state index is 12.2. The van der Waals surface area contributed by atoms with Gasteiger partial charge in [0.05, 0.1) is 11.6 Å². The van der Waals surface area contributed by atoms with Crippen molar-refractivity contribution >= 4 is 34.6 Å². The molecule has 0 bridgehead atoms. The quantitative estimate of drug-likeness (QED) is 0.121. The van der Waals surface area contributed by atoms with E-state index in [9.17, 15) is 14.7 Å². The van der Waals surface area contributed by atoms with Crippen molar-refractivity contribution in [2.45, 2.75) is 50.4 Å². The molecule has 9 heteroatoms. The first-order valence-electron chi connectivity index (χ1n) is 16.7. The lowest BCUT2D eigenvalue weighted by atomic mass is 9.85. The number of nitrogens with two attached hydrogens (primary N) is 1. The van der Waals surface area contributed by atoms with Crippen molar-refractivity contribution in [3.05, 3.63) is 101 Å². The molecule has 3 saturated heterocycles. The summed E-state index contributed by atoms with van der Waals surface area (Å²) in [6.45, 7) is 5.37. The number of phenols is 1. The Kier molecular flexibility index (Phi) is 9.82. The minimum atomic E-state index is -0.227. The molecule has 0 saturated carbocycles. The van der Waals surface area contributed by atoms with Gasteiger partial charge in [-0.2, -0.15) is 0 Å². The van der Waals surface area contributed by atoms with E-state index in [1.165, 1.54) is 5.56 Å². The fraction of sp³-hybridized carbons (Fsp3) is 0.368. The maximum Gasteiger partial charge on any atom is 0.234 e. The lowest BCUT2D eigenvalue weighted by molar-refractivity contribution is -0.134. The molecule has 6 rings (SSSR count). The first-order chi connectivity index (χ1) is 22.7. The number of amides is 2. The molecule has 3 aromatic rings. The van der Waals surface area contributed by atoms with Crippen LogP contribution in [0, 0.1) is 16.7 Å². The number of carbonyl (C=O) groups excluding carboxylic acids is 2. The maximum atomic E-state index is 12.2. The zero-order valence-corrected chi connectivity index (χ0v) is 26.8. The van der Waals surface area contributed by atoms with E-state index in [1.807, 2.05) is 12.1 Å². The molecule has 1 unspecified atom stereocenters. The summed E-state index contributed by atoms with van der Waals surface area (Å²) in [6, 6.07) is 23.3. The SMILES string of the molecule is N=C(N)/C(=C\C(=N)c1ccccc1O)c1ccc(N2CCC(CN3CCC(c4ccc(C5CCC(=O)NC5=O)cc4)CC3)CC2)cc1. The molecule has 9 nitrogen and oxygen atoms in total. The number of imide groups is 1. The van der Waals surface area contributed by atoms with Crippen LogP contribution in [0.5, 0.6) is 5.75 Å². The van der Waals surface area contributed by atoms with Crippen LogP contribution >= 0.6 is 0 Å². The molecule has 0 aliphatic carbocycles. The van der Waals surface area contributed by atoms with Gasteiger partial charge < -0.3 is 26.0 Å². The Labute approximate surface area is 276 Å². The monoisotopic (exact) mass is 632 g/mol. The lowest BCUT2D eigenvalue weighted by Crippen LogP contribution is -2.41. The minimum Gasteiger partial charge on any atom is -0.507 e. The number of anilines is 1. The average molecular weight is 633 g/mol. The predicted octanol–water partition coefficient (Wildman–Crippen LogP) is 5.40. The number of rotatable bonds is 9. The van der Waals surface area contributed by atoms with Crippen LogP contribution in [-0.4, -0.2) is 66.1 Å². The van der Waals surface area contributed by atoms with Gasteiger partial charge in [-0.05, 0) is 104 Å².